The summed E-state index contributed by atoms with van der Waals surface area (Å²) in [5, 5.41) is 13.2. The largest absolute Gasteiger partial charge is 0.463 e. The third kappa shape index (κ3) is 4.76. The third-order valence-electron chi connectivity index (χ3n) is 5.17. The Kier molecular flexibility index (Phi) is 6.42. The topological polar surface area (TPSA) is 93.3 Å². The second kappa shape index (κ2) is 9.75. The van der Waals surface area contributed by atoms with Crippen molar-refractivity contribution in [3.63, 3.8) is 0 Å². The molecule has 7 heteroatoms. The second-order valence-corrected chi connectivity index (χ2v) is 7.23. The number of nitrogens with zero attached hydrogens (tertiary/aromatic N) is 4. The lowest BCUT2D eigenvalue weighted by Gasteiger charge is -2.41. The number of carbonyl (C=O) groups excluding carboxylic acids is 1. The molecule has 1 aliphatic rings. The highest BCUT2D eigenvalue weighted by Crippen LogP contribution is 2.28. The van der Waals surface area contributed by atoms with E-state index in [-0.39, 0.29) is 17.7 Å². The fraction of sp³-hybridized carbons (Fsp3) is 0.200. The van der Waals surface area contributed by atoms with Gasteiger partial charge in [0.25, 0.3) is 5.91 Å². The van der Waals surface area contributed by atoms with E-state index in [4.69, 9.17) is 10.1 Å². The molecule has 4 rings (SSSR count). The molecule has 32 heavy (non-hydrogen) atoms. The van der Waals surface area contributed by atoms with Gasteiger partial charge in [-0.2, -0.15) is 0 Å². The Morgan fingerprint density at radius 1 is 1.19 bits per heavy atom. The molecule has 1 amide bonds. The van der Waals surface area contributed by atoms with Gasteiger partial charge >= 0.3 is 0 Å². The van der Waals surface area contributed by atoms with Crippen LogP contribution in [0.25, 0.3) is 5.32 Å². The number of ether oxygens (including phenoxy) is 1. The first-order chi connectivity index (χ1) is 15.7. The van der Waals surface area contributed by atoms with E-state index in [2.05, 4.69) is 27.1 Å². The molecule has 0 saturated carbocycles. The van der Waals surface area contributed by atoms with Crippen molar-refractivity contribution in [2.24, 2.45) is 0 Å². The monoisotopic (exact) mass is 424 g/mol. The van der Waals surface area contributed by atoms with Gasteiger partial charge < -0.3 is 19.9 Å². The second-order valence-electron chi connectivity index (χ2n) is 7.23. The van der Waals surface area contributed by atoms with Crippen molar-refractivity contribution in [2.75, 3.05) is 13.1 Å². The van der Waals surface area contributed by atoms with Gasteiger partial charge in [-0.15, -0.1) is 0 Å². The molecule has 0 radical (unpaired) electrons. The maximum atomic E-state index is 12.0. The van der Waals surface area contributed by atoms with E-state index in [9.17, 15) is 4.79 Å². The van der Waals surface area contributed by atoms with Crippen LogP contribution in [0.5, 0.6) is 11.5 Å². The van der Waals surface area contributed by atoms with E-state index in [1.54, 1.807) is 18.0 Å². The van der Waals surface area contributed by atoms with Crippen molar-refractivity contribution in [1.82, 2.24) is 14.9 Å². The van der Waals surface area contributed by atoms with Crippen molar-refractivity contribution in [1.29, 1.82) is 5.41 Å². The number of benzene rings is 2. The van der Waals surface area contributed by atoms with Crippen molar-refractivity contribution < 1.29 is 9.53 Å². The van der Waals surface area contributed by atoms with Crippen LogP contribution in [0.1, 0.15) is 24.5 Å². The van der Waals surface area contributed by atoms with Crippen LogP contribution in [0.15, 0.2) is 67.1 Å². The SMILES string of the molecule is CC#CC(=O)N1CC[C@@H]1C[N-]c1ncncc1C(=N)c1ccc(Oc2ccccc2)cc1. The van der Waals surface area contributed by atoms with Gasteiger partial charge in [-0.3, -0.25) is 15.2 Å². The first-order valence-electron chi connectivity index (χ1n) is 10.3. The number of aromatic nitrogens is 2. The maximum absolute atomic E-state index is 12.0. The van der Waals surface area contributed by atoms with Crippen LogP contribution in [0.4, 0.5) is 5.82 Å². The Morgan fingerprint density at radius 3 is 2.62 bits per heavy atom. The molecule has 1 fully saturated rings. The van der Waals surface area contributed by atoms with Crippen molar-refractivity contribution in [3.05, 3.63) is 83.6 Å². The molecule has 1 N–H and O–H groups in total. The summed E-state index contributed by atoms with van der Waals surface area (Å²) < 4.78 is 5.82. The van der Waals surface area contributed by atoms with Gasteiger partial charge in [-0.1, -0.05) is 29.9 Å². The first-order valence-corrected chi connectivity index (χ1v) is 10.3. The van der Waals surface area contributed by atoms with E-state index < -0.39 is 0 Å². The smallest absolute Gasteiger partial charge is 0.298 e. The number of nitrogens with one attached hydrogen (secondary N) is 1. The number of para-hydroxylation sites is 1. The van der Waals surface area contributed by atoms with E-state index in [1.807, 2.05) is 54.6 Å². The summed E-state index contributed by atoms with van der Waals surface area (Å²) in [6.07, 6.45) is 3.88. The van der Waals surface area contributed by atoms with E-state index >= 15 is 0 Å². The van der Waals surface area contributed by atoms with Gasteiger partial charge in [-0.05, 0) is 62.2 Å². The highest BCUT2D eigenvalue weighted by Gasteiger charge is 2.29. The molecular weight excluding hydrogens is 402 g/mol. The van der Waals surface area contributed by atoms with E-state index in [0.29, 0.717) is 35.8 Å². The molecule has 2 heterocycles. The average Bonchev–Trinajstić information content (AvgIpc) is 2.80. The van der Waals surface area contributed by atoms with Gasteiger partial charge in [0.2, 0.25) is 0 Å². The summed E-state index contributed by atoms with van der Waals surface area (Å²) in [5.41, 5.74) is 1.51. The van der Waals surface area contributed by atoms with E-state index in [1.165, 1.54) is 6.33 Å². The summed E-state index contributed by atoms with van der Waals surface area (Å²) in [5.74, 6) is 6.92. The minimum absolute atomic E-state index is 0.00904. The lowest BCUT2D eigenvalue weighted by molar-refractivity contribution is -0.131. The molecule has 2 aromatic carbocycles. The average molecular weight is 424 g/mol. The molecule has 0 spiro atoms. The zero-order chi connectivity index (χ0) is 22.3. The zero-order valence-corrected chi connectivity index (χ0v) is 17.7. The van der Waals surface area contributed by atoms with Crippen LogP contribution in [0.3, 0.4) is 0 Å². The third-order valence-corrected chi connectivity index (χ3v) is 5.17. The number of likely N-dealkylation sites (tertiary alicyclic amines) is 1. The van der Waals surface area contributed by atoms with Gasteiger partial charge in [0.1, 0.15) is 11.5 Å². The molecule has 1 aliphatic heterocycles. The Balaban J connectivity index is 1.43. The lowest BCUT2D eigenvalue weighted by atomic mass is 10.0. The van der Waals surface area contributed by atoms with Gasteiger partial charge in [-0.25, -0.2) is 0 Å². The number of rotatable bonds is 7. The minimum Gasteiger partial charge on any atom is -0.463 e. The lowest BCUT2D eigenvalue weighted by Crippen LogP contribution is -2.52. The Morgan fingerprint density at radius 2 is 1.94 bits per heavy atom. The van der Waals surface area contributed by atoms with Gasteiger partial charge in [0.05, 0.1) is 5.71 Å². The van der Waals surface area contributed by atoms with Gasteiger partial charge in [0, 0.05) is 36.2 Å². The van der Waals surface area contributed by atoms with Crippen LogP contribution in [-0.4, -0.2) is 45.6 Å². The summed E-state index contributed by atoms with van der Waals surface area (Å²) in [4.78, 5) is 22.0. The molecule has 1 atom stereocenters. The summed E-state index contributed by atoms with van der Waals surface area (Å²) in [6.45, 7) is 2.76. The van der Waals surface area contributed by atoms with Crippen molar-refractivity contribution in [3.8, 4) is 23.3 Å². The number of carbonyl (C=O) groups is 1. The molecular formula is C25H22N5O2-. The van der Waals surface area contributed by atoms with Crippen LogP contribution in [-0.2, 0) is 4.79 Å². The number of hydrogen-bond acceptors (Lipinski definition) is 5. The van der Waals surface area contributed by atoms with Crippen LogP contribution in [0.2, 0.25) is 0 Å². The Labute approximate surface area is 187 Å². The fourth-order valence-corrected chi connectivity index (χ4v) is 3.36. The van der Waals surface area contributed by atoms with Gasteiger partial charge in [0.15, 0.2) is 0 Å². The highest BCUT2D eigenvalue weighted by molar-refractivity contribution is 6.13. The summed E-state index contributed by atoms with van der Waals surface area (Å²) in [6, 6.07) is 16.8. The quantitative estimate of drug-likeness (QED) is 0.452. The predicted octanol–water partition coefficient (Wildman–Crippen LogP) is 4.31. The zero-order valence-electron chi connectivity index (χ0n) is 17.7. The Hall–Kier alpha value is -4.18. The normalized spacial score (nSPS) is 14.5. The Bertz CT molecular complexity index is 1170. The predicted molar refractivity (Wildman–Crippen MR) is 122 cm³/mol. The molecule has 1 aromatic heterocycles. The van der Waals surface area contributed by atoms with Crippen molar-refractivity contribution in [2.45, 2.75) is 19.4 Å². The maximum Gasteiger partial charge on any atom is 0.298 e. The van der Waals surface area contributed by atoms with E-state index in [0.717, 1.165) is 12.2 Å². The molecule has 1 saturated heterocycles. The van der Waals surface area contributed by atoms with Crippen LogP contribution >= 0.6 is 0 Å². The standard InChI is InChI=1S/C25H22N5O2/c1-2-6-23(31)30-14-13-19(30)15-28-25-22(16-27-17-29-25)24(26)18-9-11-21(12-10-18)32-20-7-4-3-5-8-20/h3-5,7-12,16-17,19H,13-15H2,1H3,(H-,26,27,28,29)/q-1/t19-/m1/s1. The molecule has 3 aromatic rings. The molecule has 160 valence electrons. The molecule has 0 aliphatic carbocycles. The molecule has 0 bridgehead atoms. The highest BCUT2D eigenvalue weighted by atomic mass is 16.5. The summed E-state index contributed by atoms with van der Waals surface area (Å²) >= 11 is 0. The minimum atomic E-state index is -0.174. The van der Waals surface area contributed by atoms with Crippen LogP contribution in [0, 0.1) is 17.3 Å². The fourth-order valence-electron chi connectivity index (χ4n) is 3.36. The van der Waals surface area contributed by atoms with Crippen molar-refractivity contribution >= 4 is 17.4 Å². The summed E-state index contributed by atoms with van der Waals surface area (Å²) in [7, 11) is 0. The number of hydrogen-bond donors (Lipinski definition) is 1. The van der Waals surface area contributed by atoms with Crippen LogP contribution < -0.4 is 4.74 Å². The molecule has 0 unspecified atom stereocenters. The molecule has 7 nitrogen and oxygen atoms in total. The number of amides is 1. The first kappa shape index (κ1) is 21.1.